The monoisotopic (exact) mass is 657 g/mol. The number of benzene rings is 3. The summed E-state index contributed by atoms with van der Waals surface area (Å²) in [5.74, 6) is 0.163. The van der Waals surface area contributed by atoms with Crippen LogP contribution < -0.4 is 17.1 Å². The van der Waals surface area contributed by atoms with E-state index in [9.17, 15) is 29.7 Å². The molecule has 0 fully saturated rings. The van der Waals surface area contributed by atoms with Crippen molar-refractivity contribution in [3.8, 4) is 17.2 Å². The molecule has 9 nitrogen and oxygen atoms in total. The van der Waals surface area contributed by atoms with E-state index in [1.54, 1.807) is 18.2 Å². The smallest absolute Gasteiger partial charge is 0.336 e. The van der Waals surface area contributed by atoms with Gasteiger partial charge in [-0.05, 0) is 54.2 Å². The third-order valence-corrected chi connectivity index (χ3v) is 9.64. The van der Waals surface area contributed by atoms with Crippen molar-refractivity contribution >= 4 is 0 Å². The van der Waals surface area contributed by atoms with E-state index in [0.717, 1.165) is 49.7 Å². The first kappa shape index (κ1) is 36.3. The number of nitrogens with zero attached hydrogens (tertiary/aromatic N) is 3. The molecule has 0 bridgehead atoms. The summed E-state index contributed by atoms with van der Waals surface area (Å²) in [5, 5.41) is 32.6. The van der Waals surface area contributed by atoms with E-state index in [1.807, 2.05) is 98.7 Å². The van der Waals surface area contributed by atoms with Gasteiger partial charge in [0.15, 0.2) is 0 Å². The van der Waals surface area contributed by atoms with Gasteiger partial charge < -0.3 is 15.3 Å². The van der Waals surface area contributed by atoms with E-state index in [-0.39, 0.29) is 36.9 Å². The maximum Gasteiger partial charge on any atom is 0.336 e. The molecular weight excluding hydrogens is 606 g/mol. The number of phenolic OH excluding ortho intramolecular Hbond substituents is 3. The SMILES string of the molecule is CCc1ccc(O)c(C(C)(C)Cn2c(=O)n(CC(C)(C)c3cc(CC)ccc3O)c(=O)n(CC(C)(C)c3cc(CC)ccc3O)c2=O)c1. The summed E-state index contributed by atoms with van der Waals surface area (Å²) in [7, 11) is 0. The first-order chi connectivity index (χ1) is 22.4. The summed E-state index contributed by atoms with van der Waals surface area (Å²) in [6.07, 6.45) is 2.22. The number of hydrogen-bond donors (Lipinski definition) is 3. The predicted octanol–water partition coefficient (Wildman–Crippen LogP) is 5.91. The Morgan fingerprint density at radius 3 is 0.896 bits per heavy atom. The Labute approximate surface area is 282 Å². The fourth-order valence-corrected chi connectivity index (χ4v) is 6.57. The maximum absolute atomic E-state index is 14.3. The van der Waals surface area contributed by atoms with Crippen molar-refractivity contribution in [2.24, 2.45) is 0 Å². The predicted molar refractivity (Wildman–Crippen MR) is 191 cm³/mol. The molecule has 3 N–H and O–H groups in total. The second-order valence-corrected chi connectivity index (χ2v) is 14.9. The van der Waals surface area contributed by atoms with Crippen LogP contribution in [0.4, 0.5) is 0 Å². The van der Waals surface area contributed by atoms with Crippen molar-refractivity contribution in [3.05, 3.63) is 119 Å². The van der Waals surface area contributed by atoms with E-state index >= 15 is 0 Å². The first-order valence-electron chi connectivity index (χ1n) is 16.8. The number of aryl methyl sites for hydroxylation is 3. The van der Waals surface area contributed by atoms with E-state index in [1.165, 1.54) is 0 Å². The average Bonchev–Trinajstić information content (AvgIpc) is 3.04. The van der Waals surface area contributed by atoms with Crippen LogP contribution in [0, 0.1) is 0 Å². The minimum Gasteiger partial charge on any atom is -0.508 e. The van der Waals surface area contributed by atoms with Crippen molar-refractivity contribution in [2.45, 2.75) is 117 Å². The molecule has 4 aromatic rings. The maximum atomic E-state index is 14.3. The zero-order valence-corrected chi connectivity index (χ0v) is 29.8. The highest BCUT2D eigenvalue weighted by molar-refractivity contribution is 5.43. The highest BCUT2D eigenvalue weighted by Gasteiger charge is 2.33. The summed E-state index contributed by atoms with van der Waals surface area (Å²) < 4.78 is 3.24. The minimum absolute atomic E-state index is 0.0544. The lowest BCUT2D eigenvalue weighted by Gasteiger charge is -2.31. The van der Waals surface area contributed by atoms with Gasteiger partial charge in [0.25, 0.3) is 0 Å². The molecule has 258 valence electrons. The van der Waals surface area contributed by atoms with Crippen LogP contribution in [0.2, 0.25) is 0 Å². The van der Waals surface area contributed by atoms with Crippen LogP contribution in [-0.4, -0.2) is 29.0 Å². The zero-order chi connectivity index (χ0) is 35.8. The number of aromatic nitrogens is 3. The van der Waals surface area contributed by atoms with Crippen LogP contribution in [0.3, 0.4) is 0 Å². The Hall–Kier alpha value is -4.53. The van der Waals surface area contributed by atoms with Gasteiger partial charge in [-0.25, -0.2) is 28.1 Å². The van der Waals surface area contributed by atoms with Crippen LogP contribution in [-0.2, 0) is 55.1 Å². The van der Waals surface area contributed by atoms with Crippen molar-refractivity contribution in [2.75, 3.05) is 0 Å². The molecule has 0 aliphatic rings. The Balaban J connectivity index is 1.96. The Bertz CT molecular complexity index is 1740. The third kappa shape index (κ3) is 7.15. The number of rotatable bonds is 12. The lowest BCUT2D eigenvalue weighted by atomic mass is 9.82. The molecule has 0 atom stereocenters. The number of hydrogen-bond acceptors (Lipinski definition) is 6. The minimum atomic E-state index is -0.884. The van der Waals surface area contributed by atoms with Crippen LogP contribution in [0.25, 0.3) is 0 Å². The van der Waals surface area contributed by atoms with Crippen molar-refractivity contribution in [3.63, 3.8) is 0 Å². The normalized spacial score (nSPS) is 12.4. The van der Waals surface area contributed by atoms with Crippen LogP contribution in [0.5, 0.6) is 17.2 Å². The Kier molecular flexibility index (Phi) is 10.2. The summed E-state index contributed by atoms with van der Waals surface area (Å²) in [6.45, 7) is 16.8. The molecule has 0 saturated carbocycles. The van der Waals surface area contributed by atoms with Crippen molar-refractivity contribution in [1.82, 2.24) is 13.7 Å². The highest BCUT2D eigenvalue weighted by atomic mass is 16.3. The fraction of sp³-hybridized carbons (Fsp3) is 0.462. The van der Waals surface area contributed by atoms with E-state index in [0.29, 0.717) is 16.7 Å². The fourth-order valence-electron chi connectivity index (χ4n) is 6.57. The molecular formula is C39H51N3O6. The molecule has 0 aliphatic heterocycles. The molecule has 0 radical (unpaired) electrons. The average molecular weight is 658 g/mol. The molecule has 0 amide bonds. The third-order valence-electron chi connectivity index (χ3n) is 9.64. The van der Waals surface area contributed by atoms with Gasteiger partial charge in [-0.3, -0.25) is 0 Å². The topological polar surface area (TPSA) is 127 Å². The Morgan fingerprint density at radius 1 is 0.458 bits per heavy atom. The standard InChI is InChI=1S/C39H51N3O6/c1-10-25-13-16-31(43)28(19-25)37(4,5)22-40-34(46)41(23-38(6,7)29-20-26(11-2)14-17-32(29)44)36(48)42(35(40)47)24-39(8,9)30-21-27(12-3)15-18-33(30)45/h13-21,43-45H,10-12,22-24H2,1-9H3. The molecule has 9 heteroatoms. The first-order valence-corrected chi connectivity index (χ1v) is 16.8. The quantitative estimate of drug-likeness (QED) is 0.174. The lowest BCUT2D eigenvalue weighted by molar-refractivity contribution is 0.310. The molecule has 0 unspecified atom stereocenters. The summed E-state index contributed by atoms with van der Waals surface area (Å²) in [4.78, 5) is 43.0. The van der Waals surface area contributed by atoms with Crippen LogP contribution in [0.15, 0.2) is 69.0 Å². The van der Waals surface area contributed by atoms with Gasteiger partial charge in [-0.15, -0.1) is 0 Å². The molecule has 0 saturated heterocycles. The summed E-state index contributed by atoms with van der Waals surface area (Å²) >= 11 is 0. The molecule has 0 spiro atoms. The van der Waals surface area contributed by atoms with Gasteiger partial charge in [0.1, 0.15) is 17.2 Å². The van der Waals surface area contributed by atoms with E-state index in [4.69, 9.17) is 0 Å². The largest absolute Gasteiger partial charge is 0.508 e. The van der Waals surface area contributed by atoms with E-state index in [2.05, 4.69) is 0 Å². The van der Waals surface area contributed by atoms with Crippen molar-refractivity contribution in [1.29, 1.82) is 0 Å². The van der Waals surface area contributed by atoms with Gasteiger partial charge in [0, 0.05) is 52.6 Å². The summed E-state index contributed by atoms with van der Waals surface area (Å²) in [6, 6.07) is 16.0. The molecule has 4 rings (SSSR count). The molecule has 1 heterocycles. The molecule has 48 heavy (non-hydrogen) atoms. The highest BCUT2D eigenvalue weighted by Crippen LogP contribution is 2.35. The molecule has 3 aromatic carbocycles. The van der Waals surface area contributed by atoms with Crippen LogP contribution >= 0.6 is 0 Å². The van der Waals surface area contributed by atoms with Gasteiger partial charge in [-0.1, -0.05) is 98.7 Å². The molecule has 1 aromatic heterocycles. The number of phenols is 3. The summed E-state index contributed by atoms with van der Waals surface area (Å²) in [5.41, 5.74) is -0.218. The Morgan fingerprint density at radius 2 is 0.688 bits per heavy atom. The lowest BCUT2D eigenvalue weighted by Crippen LogP contribution is -2.58. The molecule has 0 aliphatic carbocycles. The second-order valence-electron chi connectivity index (χ2n) is 14.9. The van der Waals surface area contributed by atoms with Gasteiger partial charge >= 0.3 is 17.1 Å². The van der Waals surface area contributed by atoms with E-state index < -0.39 is 33.3 Å². The zero-order valence-electron chi connectivity index (χ0n) is 29.8. The van der Waals surface area contributed by atoms with Crippen molar-refractivity contribution < 1.29 is 15.3 Å². The number of aromatic hydroxyl groups is 3. The second kappa shape index (κ2) is 13.5. The van der Waals surface area contributed by atoms with Gasteiger partial charge in [0.2, 0.25) is 0 Å². The van der Waals surface area contributed by atoms with Gasteiger partial charge in [-0.2, -0.15) is 0 Å². The van der Waals surface area contributed by atoms with Gasteiger partial charge in [0.05, 0.1) is 0 Å². The van der Waals surface area contributed by atoms with Crippen LogP contribution in [0.1, 0.15) is 95.7 Å².